The molecule has 2 saturated heterocycles. The summed E-state index contributed by atoms with van der Waals surface area (Å²) < 4.78 is 2.32. The average Bonchev–Trinajstić information content (AvgIpc) is 3.82. The standard InChI is InChI=1S/C35H51N7O2/c43-33(44)11-10-28-6-4-7-29(24-28)26-39-31(34-37-15-16-38-34)25-32-36-17-23-42(32)19-5-18-40-20-12-35(27-40)13-21-41(22-14-35)30-8-2-1-3-9-30/h4,6-7,15-17,23-24,30-31,39H,1-3,5,8-14,18-22,25-27H2,(H,37,38)(H,43,44). The maximum absolute atomic E-state index is 11.0. The van der Waals surface area contributed by atoms with E-state index in [1.165, 1.54) is 77.5 Å². The lowest BCUT2D eigenvalue weighted by Crippen LogP contribution is -2.46. The predicted octanol–water partition coefficient (Wildman–Crippen LogP) is 5.21. The van der Waals surface area contributed by atoms with Crippen LogP contribution in [-0.2, 0) is 30.7 Å². The molecule has 1 aliphatic carbocycles. The van der Waals surface area contributed by atoms with Gasteiger partial charge in [-0.25, -0.2) is 9.97 Å². The van der Waals surface area contributed by atoms with E-state index >= 15 is 0 Å². The van der Waals surface area contributed by atoms with Crippen molar-refractivity contribution in [2.75, 3.05) is 32.7 Å². The summed E-state index contributed by atoms with van der Waals surface area (Å²) in [6, 6.07) is 9.04. The highest BCUT2D eigenvalue weighted by molar-refractivity contribution is 5.67. The van der Waals surface area contributed by atoms with E-state index in [4.69, 9.17) is 10.1 Å². The second-order valence-corrected chi connectivity index (χ2v) is 13.6. The van der Waals surface area contributed by atoms with Crippen LogP contribution in [0.1, 0.15) is 93.0 Å². The molecule has 0 bridgehead atoms. The van der Waals surface area contributed by atoms with Gasteiger partial charge in [0, 0.05) is 63.3 Å². The zero-order chi connectivity index (χ0) is 30.2. The summed E-state index contributed by atoms with van der Waals surface area (Å²) >= 11 is 0. The molecule has 0 radical (unpaired) electrons. The summed E-state index contributed by atoms with van der Waals surface area (Å²) in [6.45, 7) is 7.97. The second-order valence-electron chi connectivity index (χ2n) is 13.6. The van der Waals surface area contributed by atoms with Gasteiger partial charge < -0.3 is 29.8 Å². The first-order valence-corrected chi connectivity index (χ1v) is 17.0. The van der Waals surface area contributed by atoms with Crippen molar-refractivity contribution in [2.45, 2.75) is 102 Å². The van der Waals surface area contributed by atoms with Crippen LogP contribution in [0.2, 0.25) is 0 Å². The van der Waals surface area contributed by atoms with E-state index in [0.29, 0.717) is 18.4 Å². The van der Waals surface area contributed by atoms with Crippen molar-refractivity contribution < 1.29 is 9.90 Å². The van der Waals surface area contributed by atoms with E-state index in [1.54, 1.807) is 6.20 Å². The summed E-state index contributed by atoms with van der Waals surface area (Å²) in [5.41, 5.74) is 2.74. The van der Waals surface area contributed by atoms with Gasteiger partial charge in [0.1, 0.15) is 11.6 Å². The van der Waals surface area contributed by atoms with Gasteiger partial charge in [0.2, 0.25) is 0 Å². The number of carboxylic acid groups (broad SMARTS) is 1. The largest absolute Gasteiger partial charge is 0.481 e. The van der Waals surface area contributed by atoms with Gasteiger partial charge in [0.25, 0.3) is 0 Å². The maximum atomic E-state index is 11.0. The number of benzene rings is 1. The number of aromatic nitrogens is 4. The van der Waals surface area contributed by atoms with Crippen molar-refractivity contribution in [3.8, 4) is 0 Å². The van der Waals surface area contributed by atoms with Crippen LogP contribution in [0.4, 0.5) is 0 Å². The third kappa shape index (κ3) is 8.17. The minimum Gasteiger partial charge on any atom is -0.481 e. The first kappa shape index (κ1) is 31.0. The molecular formula is C35H51N7O2. The highest BCUT2D eigenvalue weighted by Gasteiger charge is 2.41. The number of piperidine rings is 1. The van der Waals surface area contributed by atoms with E-state index in [9.17, 15) is 4.79 Å². The number of hydrogen-bond acceptors (Lipinski definition) is 6. The van der Waals surface area contributed by atoms with Crippen molar-refractivity contribution in [3.63, 3.8) is 0 Å². The molecule has 1 unspecified atom stereocenters. The molecule has 0 amide bonds. The van der Waals surface area contributed by atoms with E-state index in [0.717, 1.165) is 54.7 Å². The summed E-state index contributed by atoms with van der Waals surface area (Å²) in [7, 11) is 0. The quantitative estimate of drug-likeness (QED) is 0.233. The fourth-order valence-electron chi connectivity index (χ4n) is 7.94. The zero-order valence-electron chi connectivity index (χ0n) is 26.3. The van der Waals surface area contributed by atoms with Crippen LogP contribution in [0.5, 0.6) is 0 Å². The second kappa shape index (κ2) is 14.8. The summed E-state index contributed by atoms with van der Waals surface area (Å²) in [4.78, 5) is 29.2. The Morgan fingerprint density at radius 1 is 1.05 bits per heavy atom. The van der Waals surface area contributed by atoms with Gasteiger partial charge in [0.15, 0.2) is 0 Å². The topological polar surface area (TPSA) is 102 Å². The molecule has 3 aromatic rings. The van der Waals surface area contributed by atoms with Crippen LogP contribution < -0.4 is 5.32 Å². The third-order valence-corrected chi connectivity index (χ3v) is 10.5. The Hall–Kier alpha value is -3.01. The molecule has 3 aliphatic rings. The zero-order valence-corrected chi connectivity index (χ0v) is 26.3. The number of H-pyrrole nitrogens is 1. The summed E-state index contributed by atoms with van der Waals surface area (Å²) in [6.07, 6.45) is 21.6. The number of aryl methyl sites for hydroxylation is 2. The van der Waals surface area contributed by atoms with Crippen molar-refractivity contribution in [1.29, 1.82) is 0 Å². The molecule has 3 fully saturated rings. The highest BCUT2D eigenvalue weighted by atomic mass is 16.4. The Morgan fingerprint density at radius 2 is 1.86 bits per heavy atom. The SMILES string of the molecule is O=C(O)CCc1cccc(CNC(Cc2nccn2CCCN2CCC3(CCN(C4CCCCC4)CC3)C2)c2ncc[nH]2)c1. The molecule has 2 aliphatic heterocycles. The van der Waals surface area contributed by atoms with E-state index in [1.807, 2.05) is 24.5 Å². The minimum absolute atomic E-state index is 0.00765. The average molecular weight is 602 g/mol. The van der Waals surface area contributed by atoms with E-state index in [2.05, 4.69) is 48.0 Å². The smallest absolute Gasteiger partial charge is 0.303 e. The first-order chi connectivity index (χ1) is 21.6. The molecule has 1 saturated carbocycles. The number of rotatable bonds is 14. The predicted molar refractivity (Wildman–Crippen MR) is 172 cm³/mol. The molecule has 44 heavy (non-hydrogen) atoms. The number of carbonyl (C=O) groups is 1. The van der Waals surface area contributed by atoms with Gasteiger partial charge in [0.05, 0.1) is 6.04 Å². The van der Waals surface area contributed by atoms with Crippen molar-refractivity contribution in [1.82, 2.24) is 34.6 Å². The van der Waals surface area contributed by atoms with Gasteiger partial charge in [-0.2, -0.15) is 0 Å². The Morgan fingerprint density at radius 3 is 2.66 bits per heavy atom. The number of imidazole rings is 2. The van der Waals surface area contributed by atoms with E-state index in [-0.39, 0.29) is 12.5 Å². The molecule has 4 heterocycles. The van der Waals surface area contributed by atoms with Gasteiger partial charge in [-0.3, -0.25) is 4.79 Å². The molecule has 1 atom stereocenters. The normalized spacial score (nSPS) is 20.4. The monoisotopic (exact) mass is 601 g/mol. The number of nitrogens with one attached hydrogen (secondary N) is 2. The fourth-order valence-corrected chi connectivity index (χ4v) is 7.94. The number of likely N-dealkylation sites (tertiary alicyclic amines) is 2. The number of aliphatic carboxylic acids is 1. The molecule has 3 N–H and O–H groups in total. The van der Waals surface area contributed by atoms with Crippen LogP contribution in [0.15, 0.2) is 49.1 Å². The highest BCUT2D eigenvalue weighted by Crippen LogP contribution is 2.41. The lowest BCUT2D eigenvalue weighted by atomic mass is 9.77. The fraction of sp³-hybridized carbons (Fsp3) is 0.629. The molecule has 1 aromatic carbocycles. The lowest BCUT2D eigenvalue weighted by molar-refractivity contribution is -0.136. The summed E-state index contributed by atoms with van der Waals surface area (Å²) in [5, 5.41) is 12.7. The van der Waals surface area contributed by atoms with Crippen LogP contribution in [0.25, 0.3) is 0 Å². The van der Waals surface area contributed by atoms with Crippen molar-refractivity contribution in [3.05, 3.63) is 71.8 Å². The molecule has 238 valence electrons. The molecule has 6 rings (SSSR count). The van der Waals surface area contributed by atoms with Gasteiger partial charge in [-0.15, -0.1) is 0 Å². The molecule has 2 aromatic heterocycles. The van der Waals surface area contributed by atoms with Crippen molar-refractivity contribution in [2.24, 2.45) is 5.41 Å². The molecule has 9 heteroatoms. The molecule has 1 spiro atoms. The Kier molecular flexibility index (Phi) is 10.5. The lowest BCUT2D eigenvalue weighted by Gasteiger charge is -2.44. The maximum Gasteiger partial charge on any atom is 0.303 e. The van der Waals surface area contributed by atoms with Gasteiger partial charge in [-0.1, -0.05) is 43.5 Å². The van der Waals surface area contributed by atoms with Gasteiger partial charge in [-0.05, 0) is 87.7 Å². The number of nitrogens with zero attached hydrogens (tertiary/aromatic N) is 5. The molecular weight excluding hydrogens is 550 g/mol. The first-order valence-electron chi connectivity index (χ1n) is 17.0. The minimum atomic E-state index is -0.767. The van der Waals surface area contributed by atoms with Crippen molar-refractivity contribution >= 4 is 5.97 Å². The molecule has 9 nitrogen and oxygen atoms in total. The third-order valence-electron chi connectivity index (χ3n) is 10.5. The van der Waals surface area contributed by atoms with Crippen LogP contribution in [-0.4, -0.2) is 79.2 Å². The Labute approximate surface area is 262 Å². The number of aromatic amines is 1. The van der Waals surface area contributed by atoms with Crippen LogP contribution in [0, 0.1) is 5.41 Å². The van der Waals surface area contributed by atoms with E-state index < -0.39 is 5.97 Å². The van der Waals surface area contributed by atoms with Crippen LogP contribution in [0.3, 0.4) is 0 Å². The Bertz CT molecular complexity index is 1310. The number of carboxylic acids is 1. The van der Waals surface area contributed by atoms with Gasteiger partial charge >= 0.3 is 5.97 Å². The Balaban J connectivity index is 0.980. The number of hydrogen-bond donors (Lipinski definition) is 3. The van der Waals surface area contributed by atoms with Crippen LogP contribution >= 0.6 is 0 Å². The summed E-state index contributed by atoms with van der Waals surface area (Å²) in [5.74, 6) is 1.21.